The van der Waals surface area contributed by atoms with Crippen LogP contribution in [0, 0.1) is 25.7 Å². The molecule has 3 rings (SSSR count). The normalized spacial score (nSPS) is 16.7. The van der Waals surface area contributed by atoms with Crippen LogP contribution in [-0.4, -0.2) is 38.6 Å². The number of benzene rings is 2. The zero-order chi connectivity index (χ0) is 23.4. The molecular formula is C24H28N2O6. The molecule has 2 amide bonds. The zero-order valence-corrected chi connectivity index (χ0v) is 18.9. The number of para-hydroxylation sites is 1. The Kier molecular flexibility index (Phi) is 7.02. The molecule has 0 aliphatic heterocycles. The van der Waals surface area contributed by atoms with E-state index >= 15 is 0 Å². The van der Waals surface area contributed by atoms with Gasteiger partial charge in [-0.25, -0.2) is 4.79 Å². The molecule has 0 bridgehead atoms. The summed E-state index contributed by atoms with van der Waals surface area (Å²) < 4.78 is 15.8. The molecule has 8 heteroatoms. The third kappa shape index (κ3) is 5.19. The van der Waals surface area contributed by atoms with E-state index in [9.17, 15) is 14.4 Å². The predicted molar refractivity (Wildman–Crippen MR) is 120 cm³/mol. The van der Waals surface area contributed by atoms with Crippen molar-refractivity contribution in [1.82, 2.24) is 0 Å². The second-order valence-electron chi connectivity index (χ2n) is 7.95. The molecule has 1 saturated carbocycles. The van der Waals surface area contributed by atoms with Crippen molar-refractivity contribution in [1.29, 1.82) is 0 Å². The van der Waals surface area contributed by atoms with Gasteiger partial charge in [0.2, 0.25) is 5.91 Å². The Hall–Kier alpha value is -3.55. The van der Waals surface area contributed by atoms with Gasteiger partial charge in [-0.3, -0.25) is 9.59 Å². The van der Waals surface area contributed by atoms with Gasteiger partial charge in [-0.2, -0.15) is 0 Å². The van der Waals surface area contributed by atoms with Crippen molar-refractivity contribution in [2.24, 2.45) is 11.8 Å². The summed E-state index contributed by atoms with van der Waals surface area (Å²) in [5.41, 5.74) is 2.81. The van der Waals surface area contributed by atoms with Crippen LogP contribution >= 0.6 is 0 Å². The first kappa shape index (κ1) is 23.1. The Bertz CT molecular complexity index is 1030. The summed E-state index contributed by atoms with van der Waals surface area (Å²) in [4.78, 5) is 37.6. The Morgan fingerprint density at radius 2 is 1.59 bits per heavy atom. The van der Waals surface area contributed by atoms with Gasteiger partial charge in [0.05, 0.1) is 25.5 Å². The van der Waals surface area contributed by atoms with E-state index < -0.39 is 18.5 Å². The van der Waals surface area contributed by atoms with Gasteiger partial charge in [0.1, 0.15) is 0 Å². The number of aryl methyl sites for hydroxylation is 2. The number of nitrogens with one attached hydrogen (secondary N) is 2. The molecule has 1 aliphatic rings. The maximum atomic E-state index is 12.8. The van der Waals surface area contributed by atoms with E-state index in [4.69, 9.17) is 14.2 Å². The number of rotatable bonds is 8. The van der Waals surface area contributed by atoms with E-state index in [-0.39, 0.29) is 23.1 Å². The second kappa shape index (κ2) is 9.72. The lowest BCUT2D eigenvalue weighted by Crippen LogP contribution is -2.23. The third-order valence-electron chi connectivity index (χ3n) is 5.53. The fraction of sp³-hybridized carbons (Fsp3) is 0.375. The van der Waals surface area contributed by atoms with Crippen LogP contribution in [0.5, 0.6) is 11.5 Å². The van der Waals surface area contributed by atoms with Crippen molar-refractivity contribution in [3.63, 3.8) is 0 Å². The van der Waals surface area contributed by atoms with E-state index in [0.717, 1.165) is 17.5 Å². The molecule has 0 spiro atoms. The number of anilines is 2. The number of carbonyl (C=O) groups is 3. The van der Waals surface area contributed by atoms with Crippen molar-refractivity contribution < 1.29 is 28.6 Å². The number of amides is 2. The highest BCUT2D eigenvalue weighted by atomic mass is 16.5. The number of carbonyl (C=O) groups excluding carboxylic acids is 3. The summed E-state index contributed by atoms with van der Waals surface area (Å²) in [5.74, 6) is -0.524. The lowest BCUT2D eigenvalue weighted by Gasteiger charge is -2.16. The highest BCUT2D eigenvalue weighted by Crippen LogP contribution is 2.40. The highest BCUT2D eigenvalue weighted by Gasteiger charge is 2.39. The maximum absolute atomic E-state index is 12.8. The summed E-state index contributed by atoms with van der Waals surface area (Å²) in [6, 6.07) is 8.60. The minimum Gasteiger partial charge on any atom is -0.493 e. The molecule has 0 radical (unpaired) electrons. The first-order chi connectivity index (χ1) is 15.2. The highest BCUT2D eigenvalue weighted by molar-refractivity contribution is 6.04. The molecule has 2 N–H and O–H groups in total. The van der Waals surface area contributed by atoms with Gasteiger partial charge in [0, 0.05) is 23.7 Å². The average molecular weight is 440 g/mol. The van der Waals surface area contributed by atoms with E-state index in [0.29, 0.717) is 23.1 Å². The van der Waals surface area contributed by atoms with Crippen LogP contribution in [-0.2, 0) is 14.3 Å². The van der Waals surface area contributed by atoms with Crippen LogP contribution in [0.2, 0.25) is 0 Å². The molecule has 2 aromatic rings. The summed E-state index contributed by atoms with van der Waals surface area (Å²) in [6.07, 6.45) is 0.803. The van der Waals surface area contributed by atoms with E-state index in [1.165, 1.54) is 26.4 Å². The van der Waals surface area contributed by atoms with Crippen LogP contribution in [0.1, 0.15) is 34.8 Å². The fourth-order valence-electron chi connectivity index (χ4n) is 3.46. The molecular weight excluding hydrogens is 412 g/mol. The first-order valence-electron chi connectivity index (χ1n) is 10.3. The number of ether oxygens (including phenoxy) is 3. The number of hydrogen-bond donors (Lipinski definition) is 2. The van der Waals surface area contributed by atoms with Gasteiger partial charge in [0.25, 0.3) is 5.91 Å². The van der Waals surface area contributed by atoms with Crippen molar-refractivity contribution in [2.75, 3.05) is 31.5 Å². The van der Waals surface area contributed by atoms with Gasteiger partial charge < -0.3 is 24.8 Å². The van der Waals surface area contributed by atoms with Gasteiger partial charge in [-0.15, -0.1) is 0 Å². The second-order valence-corrected chi connectivity index (χ2v) is 7.95. The fourth-order valence-corrected chi connectivity index (χ4v) is 3.46. The van der Waals surface area contributed by atoms with Crippen LogP contribution in [0.4, 0.5) is 11.4 Å². The summed E-state index contributed by atoms with van der Waals surface area (Å²) >= 11 is 0. The predicted octanol–water partition coefficient (Wildman–Crippen LogP) is 3.71. The summed E-state index contributed by atoms with van der Waals surface area (Å²) in [5, 5.41) is 5.55. The molecule has 1 fully saturated rings. The van der Waals surface area contributed by atoms with Gasteiger partial charge in [-0.05, 0) is 37.3 Å². The van der Waals surface area contributed by atoms with Crippen LogP contribution in [0.25, 0.3) is 0 Å². The van der Waals surface area contributed by atoms with E-state index in [2.05, 4.69) is 10.6 Å². The standard InChI is InChI=1S/C24H28N2O6/c1-13-7-6-8-14(2)22(13)26-21(27)12-32-24(29)17-10-19(30-4)20(31-5)11-18(17)25-23(28)16-9-15(16)3/h6-8,10-11,15-16H,9,12H2,1-5H3,(H,25,28)(H,26,27). The van der Waals surface area contributed by atoms with Gasteiger partial charge in [0.15, 0.2) is 18.1 Å². The van der Waals surface area contributed by atoms with E-state index in [1.54, 1.807) is 0 Å². The van der Waals surface area contributed by atoms with Crippen LogP contribution < -0.4 is 20.1 Å². The van der Waals surface area contributed by atoms with Crippen molar-refractivity contribution in [3.05, 3.63) is 47.0 Å². The Balaban J connectivity index is 1.75. The maximum Gasteiger partial charge on any atom is 0.340 e. The quantitative estimate of drug-likeness (QED) is 0.607. The van der Waals surface area contributed by atoms with Gasteiger partial charge >= 0.3 is 5.97 Å². The van der Waals surface area contributed by atoms with Crippen molar-refractivity contribution >= 4 is 29.2 Å². The molecule has 0 saturated heterocycles. The topological polar surface area (TPSA) is 103 Å². The van der Waals surface area contributed by atoms with E-state index in [1.807, 2.05) is 39.0 Å². The lowest BCUT2D eigenvalue weighted by molar-refractivity contribution is -0.119. The Morgan fingerprint density at radius 3 is 2.16 bits per heavy atom. The molecule has 170 valence electrons. The zero-order valence-electron chi connectivity index (χ0n) is 18.9. The first-order valence-corrected chi connectivity index (χ1v) is 10.3. The monoisotopic (exact) mass is 440 g/mol. The van der Waals surface area contributed by atoms with Crippen molar-refractivity contribution in [2.45, 2.75) is 27.2 Å². The molecule has 2 unspecified atom stereocenters. The number of methoxy groups -OCH3 is 2. The molecule has 32 heavy (non-hydrogen) atoms. The average Bonchev–Trinajstić information content (AvgIpc) is 3.51. The molecule has 8 nitrogen and oxygen atoms in total. The van der Waals surface area contributed by atoms with Gasteiger partial charge in [-0.1, -0.05) is 25.1 Å². The van der Waals surface area contributed by atoms with Crippen molar-refractivity contribution in [3.8, 4) is 11.5 Å². The number of esters is 1. The molecule has 0 heterocycles. The molecule has 2 atom stereocenters. The summed E-state index contributed by atoms with van der Waals surface area (Å²) in [7, 11) is 2.90. The minimum atomic E-state index is -0.762. The van der Waals surface area contributed by atoms with Crippen LogP contribution in [0.3, 0.4) is 0 Å². The molecule has 2 aromatic carbocycles. The third-order valence-corrected chi connectivity index (χ3v) is 5.53. The molecule has 1 aliphatic carbocycles. The largest absolute Gasteiger partial charge is 0.493 e. The molecule has 0 aromatic heterocycles. The number of hydrogen-bond acceptors (Lipinski definition) is 6. The minimum absolute atomic E-state index is 0.0733. The SMILES string of the molecule is COc1cc(NC(=O)C2CC2C)c(C(=O)OCC(=O)Nc2c(C)cccc2C)cc1OC. The Labute approximate surface area is 187 Å². The lowest BCUT2D eigenvalue weighted by atomic mass is 10.1. The summed E-state index contributed by atoms with van der Waals surface area (Å²) in [6.45, 7) is 5.28. The van der Waals surface area contributed by atoms with Crippen LogP contribution in [0.15, 0.2) is 30.3 Å². The Morgan fingerprint density at radius 1 is 1.00 bits per heavy atom. The smallest absolute Gasteiger partial charge is 0.340 e.